The summed E-state index contributed by atoms with van der Waals surface area (Å²) in [7, 11) is 3.68. The number of hydrogen-bond donors (Lipinski definition) is 14. The molecule has 0 saturated carbocycles. The van der Waals surface area contributed by atoms with Crippen molar-refractivity contribution in [2.24, 2.45) is 11.7 Å². The number of nitrogens with one attached hydrogen (secondary N) is 11. The van der Waals surface area contributed by atoms with Crippen LogP contribution in [-0.2, 0) is 68.7 Å². The summed E-state index contributed by atoms with van der Waals surface area (Å²) in [4.78, 5) is 191. The third-order valence-electron chi connectivity index (χ3n) is 16.5. The highest BCUT2D eigenvalue weighted by atomic mass is 33.1. The Morgan fingerprint density at radius 1 is 0.609 bits per heavy atom. The molecule has 4 saturated heterocycles. The van der Waals surface area contributed by atoms with Crippen molar-refractivity contribution in [1.29, 1.82) is 0 Å². The number of aliphatic hydroxyl groups is 1. The summed E-state index contributed by atoms with van der Waals surface area (Å²) < 4.78 is 0. The lowest BCUT2D eigenvalue weighted by Crippen LogP contribution is -2.62. The Hall–Kier alpha value is -6.81. The Morgan fingerprint density at radius 2 is 1.14 bits per heavy atom. The molecule has 0 radical (unpaired) electrons. The van der Waals surface area contributed by atoms with Gasteiger partial charge in [-0.05, 0) is 62.5 Å². The molecule has 1 aromatic heterocycles. The fourth-order valence-electron chi connectivity index (χ4n) is 11.1. The highest BCUT2D eigenvalue weighted by Crippen LogP contribution is 2.28. The van der Waals surface area contributed by atoms with Crippen LogP contribution in [0.5, 0.6) is 0 Å². The van der Waals surface area contributed by atoms with Crippen molar-refractivity contribution in [3.8, 4) is 0 Å². The lowest BCUT2D eigenvalue weighted by molar-refractivity contribution is -0.144. The standard InChI is InChI=1S/C59H88N14O15S4/c1-6-10-17-37-58(86)73-22-13-19-44(73)54(82)63-34(9-4)48(76)68-42-29-90-89-27-40(62-46(75)24-60)51(79)69-41(52(80)67-39(26-74)50(78)65-37)28-91-92-30-43(59(87)88)70-55(83)45-20-14-21-72(45)57(85)36(15-7-2)64-49(77)38(23-32-25-61-35-18-12-11-16-33(32)35)66-56(84)47(31(5)8-3)71-53(42)81/h11-12,16,18,25,31,34,36-45,47,61,74H,6-10,13-15,17,19-24,26-30,60H2,1-5H3,(H,62,75)(H,63,82)(H,64,77)(H,65,78)(H,66,84)(H,67,80)(H,68,76)(H,69,79)(H,70,83)(H,71,81)(H,87,88)/t31-,34+,36+,37+,38+,39+,40+,41+,42+,43+,44+,45+,47+/m1/s1. The van der Waals surface area contributed by atoms with Crippen molar-refractivity contribution in [1.82, 2.24) is 68.0 Å². The Labute approximate surface area is 549 Å². The molecule has 4 fully saturated rings. The smallest absolute Gasteiger partial charge is 0.327 e. The van der Waals surface area contributed by atoms with Gasteiger partial charge in [-0.1, -0.05) is 122 Å². The maximum absolute atomic E-state index is 15.0. The molecule has 5 heterocycles. The number of carboxylic acid groups (broad SMARTS) is 1. The van der Waals surface area contributed by atoms with Crippen molar-refractivity contribution >= 4 is 131 Å². The first-order valence-corrected chi connectivity index (χ1v) is 36.3. The molecule has 0 aliphatic carbocycles. The molecule has 1 aromatic carbocycles. The molecule has 6 rings (SSSR count). The molecule has 33 heteroatoms. The zero-order chi connectivity index (χ0) is 67.2. The average molecular weight is 1360 g/mol. The van der Waals surface area contributed by atoms with Gasteiger partial charge in [0.05, 0.1) is 13.2 Å². The van der Waals surface area contributed by atoms with E-state index in [2.05, 4.69) is 58.2 Å². The summed E-state index contributed by atoms with van der Waals surface area (Å²) in [6.07, 6.45) is 4.47. The quantitative estimate of drug-likeness (QED) is 0.0989. The van der Waals surface area contributed by atoms with Gasteiger partial charge in [0, 0.05) is 59.6 Å². The second-order valence-electron chi connectivity index (χ2n) is 23.1. The Kier molecular flexibility index (Phi) is 29.5. The molecule has 0 unspecified atom stereocenters. The van der Waals surface area contributed by atoms with E-state index in [1.807, 2.05) is 25.1 Å². The van der Waals surface area contributed by atoms with Crippen LogP contribution in [0.3, 0.4) is 0 Å². The second kappa shape index (κ2) is 36.6. The maximum Gasteiger partial charge on any atom is 0.327 e. The summed E-state index contributed by atoms with van der Waals surface area (Å²) in [5.74, 6) is -13.2. The normalized spacial score (nSPS) is 28.4. The third kappa shape index (κ3) is 20.3. The van der Waals surface area contributed by atoms with Crippen LogP contribution in [0.2, 0.25) is 0 Å². The molecule has 4 aliphatic rings. The number of para-hydroxylation sites is 1. The van der Waals surface area contributed by atoms with Crippen molar-refractivity contribution in [2.45, 2.75) is 184 Å². The van der Waals surface area contributed by atoms with Crippen molar-refractivity contribution in [2.75, 3.05) is 49.3 Å². The van der Waals surface area contributed by atoms with Crippen LogP contribution in [0.4, 0.5) is 0 Å². The van der Waals surface area contributed by atoms with Gasteiger partial charge in [0.1, 0.15) is 72.5 Å². The highest BCUT2D eigenvalue weighted by Gasteiger charge is 2.43. The lowest BCUT2D eigenvalue weighted by atomic mass is 9.96. The van der Waals surface area contributed by atoms with Crippen LogP contribution >= 0.6 is 43.2 Å². The number of unbranched alkanes of at least 4 members (excludes halogenated alkanes) is 1. The minimum atomic E-state index is -1.72. The third-order valence-corrected chi connectivity index (χ3v) is 21.4. The van der Waals surface area contributed by atoms with Crippen LogP contribution in [0, 0.1) is 5.92 Å². The summed E-state index contributed by atoms with van der Waals surface area (Å²) in [6.45, 7) is 7.32. The van der Waals surface area contributed by atoms with E-state index in [4.69, 9.17) is 5.73 Å². The first-order chi connectivity index (χ1) is 44.1. The number of nitrogens with zero attached hydrogens (tertiary/aromatic N) is 2. The number of amides is 12. The number of rotatable bonds is 14. The molecule has 29 nitrogen and oxygen atoms in total. The largest absolute Gasteiger partial charge is 0.480 e. The zero-order valence-electron chi connectivity index (χ0n) is 52.3. The highest BCUT2D eigenvalue weighted by molar-refractivity contribution is 8.77. The molecular weight excluding hydrogens is 1270 g/mol. The number of carbonyl (C=O) groups is 13. The Balaban J connectivity index is 1.46. The Bertz CT molecular complexity index is 2980. The lowest BCUT2D eigenvalue weighted by Gasteiger charge is -2.31. The number of hydrogen-bond acceptors (Lipinski definition) is 19. The number of nitrogens with two attached hydrogens (primary N) is 1. The molecular formula is C59H88N14O15S4. The van der Waals surface area contributed by atoms with Gasteiger partial charge in [-0.2, -0.15) is 0 Å². The number of aliphatic hydroxyl groups excluding tert-OH is 1. The monoisotopic (exact) mass is 1360 g/mol. The topological polar surface area (TPSA) is 431 Å². The maximum atomic E-state index is 15.0. The molecule has 12 amide bonds. The SMILES string of the molecule is CCCC[C@@H]1NC(=O)[C@H](CO)NC(=O)[C@@H]2CSSC[C@@H](C(=O)O)NC(=O)[C@@H]3CCCN3C(=O)[C@H](CCC)NC(=O)[C@H](Cc3c[nH]c4ccccc34)NC(=O)[C@H]([C@H](C)CC)NC(=O)[C@H](CSSC[C@H](NC(=O)CN)C(=O)N2)NC(=O)[C@H](CC)NC(=O)[C@@H]2CCCN2C1=O. The van der Waals surface area contributed by atoms with Crippen molar-refractivity contribution in [3.05, 3.63) is 36.0 Å². The van der Waals surface area contributed by atoms with Crippen LogP contribution in [0.1, 0.15) is 111 Å². The van der Waals surface area contributed by atoms with Crippen LogP contribution in [0.25, 0.3) is 10.9 Å². The summed E-state index contributed by atoms with van der Waals surface area (Å²) in [6, 6.07) is -9.43. The van der Waals surface area contributed by atoms with Crippen molar-refractivity contribution < 1.29 is 72.5 Å². The van der Waals surface area contributed by atoms with Crippen LogP contribution in [-0.4, -0.2) is 224 Å². The number of carbonyl (C=O) groups excluding carboxylic acids is 12. The van der Waals surface area contributed by atoms with E-state index in [0.29, 0.717) is 44.1 Å². The van der Waals surface area contributed by atoms with Gasteiger partial charge in [0.25, 0.3) is 0 Å². The van der Waals surface area contributed by atoms with Gasteiger partial charge in [-0.25, -0.2) is 4.79 Å². The number of aliphatic carboxylic acids is 1. The predicted octanol–water partition coefficient (Wildman–Crippen LogP) is -1.19. The molecule has 13 atom stereocenters. The fourth-order valence-corrected chi connectivity index (χ4v) is 15.7. The van der Waals surface area contributed by atoms with E-state index in [0.717, 1.165) is 54.1 Å². The van der Waals surface area contributed by atoms with E-state index in [-0.39, 0.29) is 74.6 Å². The van der Waals surface area contributed by atoms with E-state index >= 15 is 0 Å². The predicted molar refractivity (Wildman–Crippen MR) is 349 cm³/mol. The number of benzene rings is 1. The van der Waals surface area contributed by atoms with Gasteiger partial charge in [0.2, 0.25) is 70.9 Å². The molecule has 15 N–H and O–H groups in total. The average Bonchev–Trinajstić information content (AvgIpc) is 1.69. The summed E-state index contributed by atoms with van der Waals surface area (Å²) in [5, 5.41) is 48.4. The molecule has 0 spiro atoms. The van der Waals surface area contributed by atoms with Gasteiger partial charge in [-0.3, -0.25) is 57.5 Å². The first kappa shape index (κ1) is 74.2. The van der Waals surface area contributed by atoms with Crippen molar-refractivity contribution in [3.63, 3.8) is 0 Å². The van der Waals surface area contributed by atoms with Gasteiger partial charge in [0.15, 0.2) is 0 Å². The molecule has 4 aliphatic heterocycles. The van der Waals surface area contributed by atoms with Gasteiger partial charge < -0.3 is 83.9 Å². The van der Waals surface area contributed by atoms with Crippen LogP contribution in [0.15, 0.2) is 30.5 Å². The number of H-pyrrole nitrogens is 1. The number of fused-ring (bicyclic) bond motifs is 11. The molecule has 2 aromatic rings. The van der Waals surface area contributed by atoms with E-state index in [1.54, 1.807) is 40.0 Å². The Morgan fingerprint density at radius 3 is 1.73 bits per heavy atom. The minimum Gasteiger partial charge on any atom is -0.480 e. The van der Waals surface area contributed by atoms with Gasteiger partial charge >= 0.3 is 5.97 Å². The molecule has 2 bridgehead atoms. The fraction of sp³-hybridized carbons (Fsp3) is 0.644. The van der Waals surface area contributed by atoms with E-state index in [9.17, 15) is 72.5 Å². The number of aromatic nitrogens is 1. The van der Waals surface area contributed by atoms with E-state index < -0.39 is 168 Å². The minimum absolute atomic E-state index is 0.00691. The number of carboxylic acids is 1. The summed E-state index contributed by atoms with van der Waals surface area (Å²) in [5.41, 5.74) is 7.03. The van der Waals surface area contributed by atoms with Crippen LogP contribution < -0.4 is 58.9 Å². The van der Waals surface area contributed by atoms with E-state index in [1.165, 1.54) is 9.80 Å². The second-order valence-corrected chi connectivity index (χ2v) is 28.2. The van der Waals surface area contributed by atoms with Gasteiger partial charge in [-0.15, -0.1) is 0 Å². The first-order valence-electron chi connectivity index (χ1n) is 31.3. The zero-order valence-corrected chi connectivity index (χ0v) is 55.6. The summed E-state index contributed by atoms with van der Waals surface area (Å²) >= 11 is 0. The molecule has 508 valence electrons. The number of aromatic amines is 1. The molecule has 92 heavy (non-hydrogen) atoms.